The summed E-state index contributed by atoms with van der Waals surface area (Å²) in [5.74, 6) is -0.478. The zero-order valence-corrected chi connectivity index (χ0v) is 7.04. The average molecular weight is 172 g/mol. The lowest BCUT2D eigenvalue weighted by Gasteiger charge is -2.04. The van der Waals surface area contributed by atoms with Crippen LogP contribution in [0.5, 0.6) is 0 Å². The molecule has 0 spiro atoms. The Balaban J connectivity index is 3.25. The van der Waals surface area contributed by atoms with Gasteiger partial charge in [-0.25, -0.2) is 4.79 Å². The molecule has 0 aromatic carbocycles. The van der Waals surface area contributed by atoms with Crippen LogP contribution < -0.4 is 0 Å². The van der Waals surface area contributed by atoms with Gasteiger partial charge in [0.1, 0.15) is 0 Å². The molecule has 0 unspecified atom stereocenters. The first-order valence-corrected chi connectivity index (χ1v) is 3.31. The second kappa shape index (κ2) is 6.42. The van der Waals surface area contributed by atoms with Crippen molar-refractivity contribution in [2.45, 2.75) is 6.92 Å². The second-order valence-electron chi connectivity index (χ2n) is 1.99. The molecule has 0 fully saturated rings. The normalized spacial score (nSPS) is 8.75. The first-order chi connectivity index (χ1) is 5.68. The minimum atomic E-state index is -0.478. The minimum absolute atomic E-state index is 0.0208. The van der Waals surface area contributed by atoms with Crippen LogP contribution in [0.1, 0.15) is 6.92 Å². The van der Waals surface area contributed by atoms with E-state index in [-0.39, 0.29) is 13.6 Å². The van der Waals surface area contributed by atoms with E-state index >= 15 is 0 Å². The zero-order valence-electron chi connectivity index (χ0n) is 7.04. The number of carbonyl (C=O) groups excluding carboxylic acids is 1. The highest BCUT2D eigenvalue weighted by Crippen LogP contribution is 1.91. The molecule has 0 aliphatic rings. The van der Waals surface area contributed by atoms with Gasteiger partial charge in [0, 0.05) is 5.57 Å². The van der Waals surface area contributed by atoms with Crippen molar-refractivity contribution in [3.8, 4) is 0 Å². The maximum atomic E-state index is 10.7. The predicted molar refractivity (Wildman–Crippen MR) is 43.0 cm³/mol. The number of hydrogen-bond acceptors (Lipinski definition) is 4. The SMILES string of the molecule is C=COCOCOC(=O)C(=C)C. The zero-order chi connectivity index (χ0) is 9.40. The number of carbonyl (C=O) groups is 1. The molecule has 0 saturated heterocycles. The third-order valence-corrected chi connectivity index (χ3v) is 0.891. The Bertz CT molecular complexity index is 174. The van der Waals surface area contributed by atoms with Gasteiger partial charge in [0.2, 0.25) is 0 Å². The van der Waals surface area contributed by atoms with Crippen LogP contribution in [0.3, 0.4) is 0 Å². The molecular weight excluding hydrogens is 160 g/mol. The first kappa shape index (κ1) is 10.7. The molecule has 0 N–H and O–H groups in total. The van der Waals surface area contributed by atoms with Crippen LogP contribution in [0.15, 0.2) is 25.0 Å². The fourth-order valence-electron chi connectivity index (χ4n) is 0.349. The van der Waals surface area contributed by atoms with Gasteiger partial charge in [-0.3, -0.25) is 0 Å². The number of esters is 1. The Morgan fingerprint density at radius 2 is 2.17 bits per heavy atom. The minimum Gasteiger partial charge on any atom is -0.476 e. The smallest absolute Gasteiger partial charge is 0.335 e. The fraction of sp³-hybridized carbons (Fsp3) is 0.375. The van der Waals surface area contributed by atoms with Crippen molar-refractivity contribution in [1.29, 1.82) is 0 Å². The molecule has 0 atom stereocenters. The van der Waals surface area contributed by atoms with E-state index in [4.69, 9.17) is 4.74 Å². The molecule has 0 aliphatic heterocycles. The predicted octanol–water partition coefficient (Wildman–Crippen LogP) is 1.20. The molecule has 0 amide bonds. The lowest BCUT2D eigenvalue weighted by atomic mass is 10.4. The maximum Gasteiger partial charge on any atom is 0.335 e. The van der Waals surface area contributed by atoms with Gasteiger partial charge in [0.05, 0.1) is 6.26 Å². The largest absolute Gasteiger partial charge is 0.476 e. The number of ether oxygens (including phenoxy) is 3. The molecule has 0 bridgehead atoms. The lowest BCUT2D eigenvalue weighted by molar-refractivity contribution is -0.159. The molecule has 0 aliphatic carbocycles. The fourth-order valence-corrected chi connectivity index (χ4v) is 0.349. The van der Waals surface area contributed by atoms with Gasteiger partial charge in [-0.1, -0.05) is 13.2 Å². The molecule has 0 aromatic rings. The van der Waals surface area contributed by atoms with Crippen molar-refractivity contribution in [3.05, 3.63) is 25.0 Å². The van der Waals surface area contributed by atoms with E-state index in [2.05, 4.69) is 22.6 Å². The van der Waals surface area contributed by atoms with Crippen molar-refractivity contribution >= 4 is 5.97 Å². The standard InChI is InChI=1S/C8H12O4/c1-4-10-5-11-6-12-8(9)7(2)3/h4H,1-2,5-6H2,3H3. The van der Waals surface area contributed by atoms with E-state index in [1.54, 1.807) is 6.92 Å². The Morgan fingerprint density at radius 3 is 2.67 bits per heavy atom. The number of rotatable bonds is 6. The van der Waals surface area contributed by atoms with E-state index < -0.39 is 5.97 Å². The number of hydrogen-bond donors (Lipinski definition) is 0. The average Bonchev–Trinajstić information content (AvgIpc) is 2.03. The van der Waals surface area contributed by atoms with Crippen LogP contribution in [-0.2, 0) is 19.0 Å². The van der Waals surface area contributed by atoms with Crippen LogP contribution in [-0.4, -0.2) is 19.6 Å². The van der Waals surface area contributed by atoms with Crippen LogP contribution in [0.4, 0.5) is 0 Å². The molecule has 0 aromatic heterocycles. The lowest BCUT2D eigenvalue weighted by Crippen LogP contribution is -2.09. The summed E-state index contributed by atoms with van der Waals surface area (Å²) < 4.78 is 13.9. The Labute approximate surface area is 71.4 Å². The quantitative estimate of drug-likeness (QED) is 0.198. The second-order valence-corrected chi connectivity index (χ2v) is 1.99. The van der Waals surface area contributed by atoms with Crippen molar-refractivity contribution in [2.24, 2.45) is 0 Å². The monoisotopic (exact) mass is 172 g/mol. The van der Waals surface area contributed by atoms with E-state index in [1.165, 1.54) is 6.26 Å². The van der Waals surface area contributed by atoms with Crippen LogP contribution in [0.25, 0.3) is 0 Å². The molecule has 4 heteroatoms. The molecule has 4 nitrogen and oxygen atoms in total. The van der Waals surface area contributed by atoms with Crippen molar-refractivity contribution in [2.75, 3.05) is 13.6 Å². The van der Waals surface area contributed by atoms with Gasteiger partial charge in [0.25, 0.3) is 0 Å². The van der Waals surface area contributed by atoms with Crippen molar-refractivity contribution in [1.82, 2.24) is 0 Å². The van der Waals surface area contributed by atoms with Gasteiger partial charge in [-0.15, -0.1) is 0 Å². The van der Waals surface area contributed by atoms with Gasteiger partial charge in [-0.05, 0) is 6.92 Å². The van der Waals surface area contributed by atoms with Crippen LogP contribution in [0.2, 0.25) is 0 Å². The summed E-state index contributed by atoms with van der Waals surface area (Å²) in [6, 6.07) is 0. The Hall–Kier alpha value is -1.29. The van der Waals surface area contributed by atoms with Gasteiger partial charge in [0.15, 0.2) is 13.6 Å². The molecule has 68 valence electrons. The molecule has 0 radical (unpaired) electrons. The first-order valence-electron chi connectivity index (χ1n) is 3.31. The topological polar surface area (TPSA) is 44.8 Å². The molecule has 0 rings (SSSR count). The van der Waals surface area contributed by atoms with Gasteiger partial charge < -0.3 is 14.2 Å². The van der Waals surface area contributed by atoms with Gasteiger partial charge in [-0.2, -0.15) is 0 Å². The molecular formula is C8H12O4. The molecule has 0 saturated carbocycles. The maximum absolute atomic E-state index is 10.7. The van der Waals surface area contributed by atoms with Crippen molar-refractivity contribution in [3.63, 3.8) is 0 Å². The Morgan fingerprint density at radius 1 is 1.50 bits per heavy atom. The molecule has 12 heavy (non-hydrogen) atoms. The molecule has 0 heterocycles. The highest BCUT2D eigenvalue weighted by atomic mass is 16.7. The van der Waals surface area contributed by atoms with E-state index in [9.17, 15) is 4.79 Å². The van der Waals surface area contributed by atoms with Crippen LogP contribution >= 0.6 is 0 Å². The highest BCUT2D eigenvalue weighted by Gasteiger charge is 2.01. The van der Waals surface area contributed by atoms with E-state index in [0.717, 1.165) is 0 Å². The summed E-state index contributed by atoms with van der Waals surface area (Å²) in [4.78, 5) is 10.7. The summed E-state index contributed by atoms with van der Waals surface area (Å²) >= 11 is 0. The van der Waals surface area contributed by atoms with Gasteiger partial charge >= 0.3 is 5.97 Å². The van der Waals surface area contributed by atoms with Crippen LogP contribution in [0, 0.1) is 0 Å². The van der Waals surface area contributed by atoms with E-state index in [1.807, 2.05) is 0 Å². The summed E-state index contributed by atoms with van der Waals surface area (Å²) in [5, 5.41) is 0. The summed E-state index contributed by atoms with van der Waals surface area (Å²) in [7, 11) is 0. The third-order valence-electron chi connectivity index (χ3n) is 0.891. The summed E-state index contributed by atoms with van der Waals surface area (Å²) in [6.45, 7) is 8.13. The summed E-state index contributed by atoms with van der Waals surface area (Å²) in [5.41, 5.74) is 0.336. The third kappa shape index (κ3) is 5.49. The van der Waals surface area contributed by atoms with E-state index in [0.29, 0.717) is 5.57 Å². The summed E-state index contributed by atoms with van der Waals surface area (Å²) in [6.07, 6.45) is 1.24. The van der Waals surface area contributed by atoms with Crippen molar-refractivity contribution < 1.29 is 19.0 Å². The Kier molecular flexibility index (Phi) is 5.73. The highest BCUT2D eigenvalue weighted by molar-refractivity contribution is 5.86.